The number of hydrogen-bond donors (Lipinski definition) is 1. The summed E-state index contributed by atoms with van der Waals surface area (Å²) in [6.07, 6.45) is 8.11. The van der Waals surface area contributed by atoms with Crippen LogP contribution in [-0.4, -0.2) is 11.6 Å². The fourth-order valence-electron chi connectivity index (χ4n) is 2.70. The van der Waals surface area contributed by atoms with E-state index in [1.807, 2.05) is 0 Å². The molecule has 1 aromatic carbocycles. The van der Waals surface area contributed by atoms with E-state index in [1.165, 1.54) is 44.1 Å². The molecule has 0 spiro atoms. The molecule has 2 rings (SSSR count). The lowest BCUT2D eigenvalue weighted by Crippen LogP contribution is -2.35. The largest absolute Gasteiger partial charge is 0.490 e. The van der Waals surface area contributed by atoms with Gasteiger partial charge >= 0.3 is 0 Å². The van der Waals surface area contributed by atoms with Crippen LogP contribution in [0.25, 0.3) is 0 Å². The molecule has 3 heteroatoms. The van der Waals surface area contributed by atoms with E-state index in [4.69, 9.17) is 4.74 Å². The highest BCUT2D eigenvalue weighted by Crippen LogP contribution is 2.28. The van der Waals surface area contributed by atoms with Gasteiger partial charge in [0.25, 0.3) is 0 Å². The number of benzene rings is 1. The summed E-state index contributed by atoms with van der Waals surface area (Å²) >= 11 is 3.57. The molecule has 0 unspecified atom stereocenters. The lowest BCUT2D eigenvalue weighted by atomic mass is 10.1. The molecule has 1 saturated carbocycles. The molecule has 1 aliphatic rings. The van der Waals surface area contributed by atoms with Crippen LogP contribution in [0.5, 0.6) is 5.75 Å². The minimum absolute atomic E-state index is 0.113. The summed E-state index contributed by atoms with van der Waals surface area (Å²) in [4.78, 5) is 0. The molecule has 2 nitrogen and oxygen atoms in total. The van der Waals surface area contributed by atoms with Crippen LogP contribution in [0.2, 0.25) is 0 Å². The number of hydrogen-bond acceptors (Lipinski definition) is 2. The Bertz CT molecular complexity index is 445. The maximum Gasteiger partial charge on any atom is 0.124 e. The highest BCUT2D eigenvalue weighted by molar-refractivity contribution is 9.10. The highest BCUT2D eigenvalue weighted by atomic mass is 79.9. The minimum Gasteiger partial charge on any atom is -0.490 e. The van der Waals surface area contributed by atoms with E-state index in [2.05, 4.69) is 60.2 Å². The Morgan fingerprint density at radius 1 is 1.14 bits per heavy atom. The summed E-state index contributed by atoms with van der Waals surface area (Å²) < 4.78 is 7.44. The molecule has 0 aromatic heterocycles. The second-order valence-electron chi connectivity index (χ2n) is 7.09. The molecule has 0 aliphatic heterocycles. The van der Waals surface area contributed by atoms with Gasteiger partial charge in [0, 0.05) is 22.1 Å². The SMILES string of the molecule is CC(C)(C)NCc1cc(Br)ccc1OC1CCCCCC1. The molecule has 21 heavy (non-hydrogen) atoms. The van der Waals surface area contributed by atoms with E-state index in [0.29, 0.717) is 6.10 Å². The summed E-state index contributed by atoms with van der Waals surface area (Å²) in [6, 6.07) is 6.35. The molecule has 0 amide bonds. The molecular weight excluding hydrogens is 326 g/mol. The van der Waals surface area contributed by atoms with Gasteiger partial charge in [0.15, 0.2) is 0 Å². The van der Waals surface area contributed by atoms with Crippen molar-refractivity contribution in [3.63, 3.8) is 0 Å². The van der Waals surface area contributed by atoms with Gasteiger partial charge in [-0.1, -0.05) is 28.8 Å². The van der Waals surface area contributed by atoms with Gasteiger partial charge in [-0.3, -0.25) is 0 Å². The van der Waals surface area contributed by atoms with E-state index in [9.17, 15) is 0 Å². The summed E-state index contributed by atoms with van der Waals surface area (Å²) in [5, 5.41) is 3.55. The monoisotopic (exact) mass is 353 g/mol. The predicted molar refractivity (Wildman–Crippen MR) is 92.9 cm³/mol. The van der Waals surface area contributed by atoms with Gasteiger partial charge in [-0.2, -0.15) is 0 Å². The van der Waals surface area contributed by atoms with Gasteiger partial charge in [-0.05, 0) is 64.7 Å². The first kappa shape index (κ1) is 16.8. The quantitative estimate of drug-likeness (QED) is 0.727. The van der Waals surface area contributed by atoms with Crippen molar-refractivity contribution in [3.05, 3.63) is 28.2 Å². The van der Waals surface area contributed by atoms with Gasteiger partial charge in [0.1, 0.15) is 5.75 Å². The van der Waals surface area contributed by atoms with E-state index in [1.54, 1.807) is 0 Å². The Labute approximate surface area is 137 Å². The number of ether oxygens (including phenoxy) is 1. The number of nitrogens with one attached hydrogen (secondary N) is 1. The molecular formula is C18H28BrNO. The topological polar surface area (TPSA) is 21.3 Å². The van der Waals surface area contributed by atoms with Crippen LogP contribution >= 0.6 is 15.9 Å². The Kier molecular flexibility index (Phi) is 6.12. The Hall–Kier alpha value is -0.540. The smallest absolute Gasteiger partial charge is 0.124 e. The third-order valence-corrected chi connectivity index (χ3v) is 4.42. The molecule has 0 radical (unpaired) electrons. The summed E-state index contributed by atoms with van der Waals surface area (Å²) in [5.74, 6) is 1.04. The van der Waals surface area contributed by atoms with Crippen LogP contribution in [0.4, 0.5) is 0 Å². The van der Waals surface area contributed by atoms with Gasteiger partial charge in [0.05, 0.1) is 6.10 Å². The first-order chi connectivity index (χ1) is 9.94. The van der Waals surface area contributed by atoms with E-state index >= 15 is 0 Å². The average Bonchev–Trinajstić information content (AvgIpc) is 2.67. The van der Waals surface area contributed by atoms with Gasteiger partial charge in [0.2, 0.25) is 0 Å². The maximum absolute atomic E-state index is 6.33. The van der Waals surface area contributed by atoms with Crippen LogP contribution in [-0.2, 0) is 6.54 Å². The second-order valence-corrected chi connectivity index (χ2v) is 8.00. The molecule has 1 aromatic rings. The zero-order valence-electron chi connectivity index (χ0n) is 13.5. The molecule has 0 bridgehead atoms. The van der Waals surface area contributed by atoms with Crippen molar-refractivity contribution in [3.8, 4) is 5.75 Å². The van der Waals surface area contributed by atoms with Gasteiger partial charge in [-0.25, -0.2) is 0 Å². The number of halogens is 1. The van der Waals surface area contributed by atoms with Gasteiger partial charge < -0.3 is 10.1 Å². The first-order valence-corrected chi connectivity index (χ1v) is 8.93. The van der Waals surface area contributed by atoms with Crippen LogP contribution in [0.1, 0.15) is 64.9 Å². The third kappa shape index (κ3) is 5.99. The molecule has 0 heterocycles. The van der Waals surface area contributed by atoms with Crippen LogP contribution in [0, 0.1) is 0 Å². The lowest BCUT2D eigenvalue weighted by molar-refractivity contribution is 0.181. The zero-order valence-corrected chi connectivity index (χ0v) is 15.1. The lowest BCUT2D eigenvalue weighted by Gasteiger charge is -2.23. The second kappa shape index (κ2) is 7.64. The van der Waals surface area contributed by atoms with Crippen molar-refractivity contribution in [2.75, 3.05) is 0 Å². The van der Waals surface area contributed by atoms with E-state index < -0.39 is 0 Å². The Balaban J connectivity index is 2.06. The Morgan fingerprint density at radius 2 is 1.81 bits per heavy atom. The van der Waals surface area contributed by atoms with Crippen molar-refractivity contribution in [1.82, 2.24) is 5.32 Å². The fraction of sp³-hybridized carbons (Fsp3) is 0.667. The van der Waals surface area contributed by atoms with E-state index in [-0.39, 0.29) is 5.54 Å². The van der Waals surface area contributed by atoms with Crippen molar-refractivity contribution < 1.29 is 4.74 Å². The standard InChI is InChI=1S/C18H28BrNO/c1-18(2,3)20-13-14-12-15(19)10-11-17(14)21-16-8-6-4-5-7-9-16/h10-12,16,20H,4-9,13H2,1-3H3. The normalized spacial score (nSPS) is 17.5. The van der Waals surface area contributed by atoms with Crippen molar-refractivity contribution in [1.29, 1.82) is 0 Å². The van der Waals surface area contributed by atoms with Crippen LogP contribution in [0.15, 0.2) is 22.7 Å². The highest BCUT2D eigenvalue weighted by Gasteiger charge is 2.17. The molecule has 1 N–H and O–H groups in total. The van der Waals surface area contributed by atoms with Crippen molar-refractivity contribution in [2.45, 2.75) is 77.5 Å². The van der Waals surface area contributed by atoms with Crippen molar-refractivity contribution >= 4 is 15.9 Å². The predicted octanol–water partition coefficient (Wildman–Crippen LogP) is 5.44. The fourth-order valence-corrected chi connectivity index (χ4v) is 3.11. The van der Waals surface area contributed by atoms with Crippen LogP contribution in [0.3, 0.4) is 0 Å². The average molecular weight is 354 g/mol. The molecule has 1 fully saturated rings. The molecule has 1 aliphatic carbocycles. The van der Waals surface area contributed by atoms with E-state index in [0.717, 1.165) is 16.8 Å². The van der Waals surface area contributed by atoms with Crippen molar-refractivity contribution in [2.24, 2.45) is 0 Å². The summed E-state index contributed by atoms with van der Waals surface area (Å²) in [6.45, 7) is 7.41. The zero-order chi connectivity index (χ0) is 15.3. The minimum atomic E-state index is 0.113. The third-order valence-electron chi connectivity index (χ3n) is 3.93. The Morgan fingerprint density at radius 3 is 2.43 bits per heavy atom. The molecule has 0 saturated heterocycles. The summed E-state index contributed by atoms with van der Waals surface area (Å²) in [7, 11) is 0. The maximum atomic E-state index is 6.33. The number of rotatable bonds is 4. The molecule has 0 atom stereocenters. The van der Waals surface area contributed by atoms with Crippen LogP contribution < -0.4 is 10.1 Å². The summed E-state index contributed by atoms with van der Waals surface area (Å²) in [5.41, 5.74) is 1.35. The first-order valence-electron chi connectivity index (χ1n) is 8.14. The van der Waals surface area contributed by atoms with Gasteiger partial charge in [-0.15, -0.1) is 0 Å². The molecule has 118 valence electrons.